The highest BCUT2D eigenvalue weighted by Gasteiger charge is 2.21. The minimum Gasteiger partial charge on any atom is -0.337 e. The van der Waals surface area contributed by atoms with Crippen LogP contribution < -0.4 is 5.73 Å². The van der Waals surface area contributed by atoms with E-state index in [0.29, 0.717) is 17.6 Å². The number of rotatable bonds is 4. The Morgan fingerprint density at radius 2 is 2.11 bits per heavy atom. The van der Waals surface area contributed by atoms with Crippen LogP contribution in [0, 0.1) is 19.8 Å². The molecule has 0 unspecified atom stereocenters. The summed E-state index contributed by atoms with van der Waals surface area (Å²) in [7, 11) is 0. The van der Waals surface area contributed by atoms with Gasteiger partial charge in [-0.05, 0) is 30.9 Å². The van der Waals surface area contributed by atoms with Gasteiger partial charge in [0.15, 0.2) is 0 Å². The summed E-state index contributed by atoms with van der Waals surface area (Å²) >= 11 is 0. The second kappa shape index (κ2) is 5.48. The summed E-state index contributed by atoms with van der Waals surface area (Å²) in [5.41, 5.74) is 8.98. The molecule has 0 saturated heterocycles. The Kier molecular flexibility index (Phi) is 3.95. The van der Waals surface area contributed by atoms with E-state index in [1.54, 1.807) is 6.20 Å². The molecule has 102 valence electrons. The average molecular weight is 260 g/mol. The number of hydrogen-bond donors (Lipinski definition) is 1. The van der Waals surface area contributed by atoms with Crippen LogP contribution in [-0.4, -0.2) is 15.1 Å². The van der Waals surface area contributed by atoms with Gasteiger partial charge in [-0.25, -0.2) is 0 Å². The molecule has 2 heterocycles. The first-order chi connectivity index (χ1) is 9.02. The van der Waals surface area contributed by atoms with Crippen LogP contribution in [0.15, 0.2) is 16.8 Å². The second-order valence-electron chi connectivity index (χ2n) is 5.05. The topological polar surface area (TPSA) is 77.8 Å². The normalized spacial score (nSPS) is 14.4. The van der Waals surface area contributed by atoms with Crippen molar-refractivity contribution in [3.63, 3.8) is 0 Å². The molecule has 5 heteroatoms. The molecule has 0 aliphatic rings. The first kappa shape index (κ1) is 13.7. The molecule has 0 aliphatic heterocycles. The smallest absolute Gasteiger partial charge is 0.244 e. The van der Waals surface area contributed by atoms with Crippen LogP contribution in [0.1, 0.15) is 43.3 Å². The molecule has 2 N–H and O–H groups in total. The zero-order valence-electron chi connectivity index (χ0n) is 11.8. The summed E-state index contributed by atoms with van der Waals surface area (Å²) in [6, 6.07) is 1.82. The van der Waals surface area contributed by atoms with Crippen LogP contribution in [0.5, 0.6) is 0 Å². The first-order valence-corrected chi connectivity index (χ1v) is 6.55. The van der Waals surface area contributed by atoms with Gasteiger partial charge in [0.25, 0.3) is 0 Å². The fourth-order valence-electron chi connectivity index (χ4n) is 1.91. The zero-order valence-corrected chi connectivity index (χ0v) is 11.8. The molecule has 0 amide bonds. The molecule has 2 rings (SSSR count). The van der Waals surface area contributed by atoms with Gasteiger partial charge < -0.3 is 10.3 Å². The molecule has 2 aromatic rings. The summed E-state index contributed by atoms with van der Waals surface area (Å²) in [5.74, 6) is 1.29. The molecule has 19 heavy (non-hydrogen) atoms. The highest BCUT2D eigenvalue weighted by Crippen LogP contribution is 2.24. The quantitative estimate of drug-likeness (QED) is 0.914. The third-order valence-electron chi connectivity index (χ3n) is 3.41. The number of nitrogens with zero attached hydrogens (tertiary/aromatic N) is 3. The van der Waals surface area contributed by atoms with Gasteiger partial charge in [-0.3, -0.25) is 4.98 Å². The summed E-state index contributed by atoms with van der Waals surface area (Å²) in [4.78, 5) is 8.73. The summed E-state index contributed by atoms with van der Waals surface area (Å²) in [5, 5.41) is 3.99. The first-order valence-electron chi connectivity index (χ1n) is 6.55. The van der Waals surface area contributed by atoms with E-state index in [1.165, 1.54) is 0 Å². The zero-order chi connectivity index (χ0) is 14.0. The number of nitrogens with two attached hydrogens (primary N) is 1. The van der Waals surface area contributed by atoms with Crippen molar-refractivity contribution in [3.05, 3.63) is 29.3 Å². The van der Waals surface area contributed by atoms with Crippen molar-refractivity contribution in [2.45, 2.75) is 40.2 Å². The van der Waals surface area contributed by atoms with Gasteiger partial charge in [-0.2, -0.15) is 4.98 Å². The van der Waals surface area contributed by atoms with Crippen LogP contribution in [-0.2, 0) is 0 Å². The van der Waals surface area contributed by atoms with E-state index in [2.05, 4.69) is 29.0 Å². The van der Waals surface area contributed by atoms with Crippen LogP contribution in [0.2, 0.25) is 0 Å². The van der Waals surface area contributed by atoms with Crippen LogP contribution in [0.4, 0.5) is 0 Å². The van der Waals surface area contributed by atoms with Gasteiger partial charge in [-0.1, -0.05) is 31.5 Å². The number of pyridine rings is 1. The van der Waals surface area contributed by atoms with Crippen molar-refractivity contribution >= 4 is 0 Å². The highest BCUT2D eigenvalue weighted by molar-refractivity contribution is 5.54. The van der Waals surface area contributed by atoms with Crippen molar-refractivity contribution in [2.24, 2.45) is 11.7 Å². The Labute approximate surface area is 113 Å². The van der Waals surface area contributed by atoms with E-state index >= 15 is 0 Å². The molecule has 5 nitrogen and oxygen atoms in total. The second-order valence-corrected chi connectivity index (χ2v) is 5.05. The van der Waals surface area contributed by atoms with Gasteiger partial charge in [0, 0.05) is 6.20 Å². The summed E-state index contributed by atoms with van der Waals surface area (Å²) in [6.45, 7) is 8.15. The van der Waals surface area contributed by atoms with Gasteiger partial charge in [0.2, 0.25) is 11.7 Å². The van der Waals surface area contributed by atoms with Crippen molar-refractivity contribution in [3.8, 4) is 11.5 Å². The third kappa shape index (κ3) is 2.81. The van der Waals surface area contributed by atoms with Crippen LogP contribution in [0.3, 0.4) is 0 Å². The summed E-state index contributed by atoms with van der Waals surface area (Å²) < 4.78 is 5.26. The van der Waals surface area contributed by atoms with Crippen molar-refractivity contribution in [1.82, 2.24) is 15.1 Å². The summed E-state index contributed by atoms with van der Waals surface area (Å²) in [6.07, 6.45) is 2.77. The molecule has 0 radical (unpaired) electrons. The van der Waals surface area contributed by atoms with Gasteiger partial charge in [0.05, 0.1) is 6.04 Å². The lowest BCUT2D eigenvalue weighted by Crippen LogP contribution is -2.18. The Balaban J connectivity index is 2.30. The molecule has 2 atom stereocenters. The van der Waals surface area contributed by atoms with Gasteiger partial charge in [0.1, 0.15) is 5.69 Å². The highest BCUT2D eigenvalue weighted by atomic mass is 16.5. The lowest BCUT2D eigenvalue weighted by molar-refractivity contribution is 0.312. The van der Waals surface area contributed by atoms with Crippen molar-refractivity contribution in [2.75, 3.05) is 0 Å². The molecular formula is C14H20N4O. The Morgan fingerprint density at radius 3 is 2.74 bits per heavy atom. The van der Waals surface area contributed by atoms with Crippen molar-refractivity contribution in [1.29, 1.82) is 0 Å². The van der Waals surface area contributed by atoms with E-state index < -0.39 is 0 Å². The molecular weight excluding hydrogens is 240 g/mol. The average Bonchev–Trinajstić information content (AvgIpc) is 2.86. The maximum absolute atomic E-state index is 6.09. The fraction of sp³-hybridized carbons (Fsp3) is 0.500. The molecule has 0 spiro atoms. The molecule has 2 aromatic heterocycles. The SMILES string of the molecule is CC[C@H](C)[C@H](N)c1nc(-c2ncc(C)cc2C)no1. The predicted octanol–water partition coefficient (Wildman–Crippen LogP) is 2.79. The molecule has 0 aromatic carbocycles. The van der Waals surface area contributed by atoms with Gasteiger partial charge >= 0.3 is 0 Å². The molecule has 0 aliphatic carbocycles. The third-order valence-corrected chi connectivity index (χ3v) is 3.41. The van der Waals surface area contributed by atoms with Gasteiger partial charge in [-0.15, -0.1) is 0 Å². The van der Waals surface area contributed by atoms with E-state index in [0.717, 1.165) is 23.2 Å². The van der Waals surface area contributed by atoms with E-state index in [1.807, 2.05) is 19.9 Å². The lowest BCUT2D eigenvalue weighted by atomic mass is 10.0. The van der Waals surface area contributed by atoms with Crippen LogP contribution in [0.25, 0.3) is 11.5 Å². The minimum atomic E-state index is -0.225. The minimum absolute atomic E-state index is 0.225. The molecule has 0 saturated carbocycles. The standard InChI is InChI=1S/C14H20N4O/c1-5-9(3)11(15)14-17-13(18-19-14)12-10(4)6-8(2)7-16-12/h6-7,9,11H,5,15H2,1-4H3/t9-,11-/m0/s1. The fourth-order valence-corrected chi connectivity index (χ4v) is 1.91. The van der Waals surface area contributed by atoms with E-state index in [9.17, 15) is 0 Å². The number of aryl methyl sites for hydroxylation is 2. The molecule has 0 bridgehead atoms. The van der Waals surface area contributed by atoms with Crippen LogP contribution >= 0.6 is 0 Å². The largest absolute Gasteiger partial charge is 0.337 e. The Bertz CT molecular complexity index is 564. The number of aromatic nitrogens is 3. The maximum atomic E-state index is 6.09. The van der Waals surface area contributed by atoms with E-state index in [-0.39, 0.29) is 6.04 Å². The lowest BCUT2D eigenvalue weighted by Gasteiger charge is -2.12. The van der Waals surface area contributed by atoms with E-state index in [4.69, 9.17) is 10.3 Å². The predicted molar refractivity (Wildman–Crippen MR) is 73.4 cm³/mol. The Morgan fingerprint density at radius 1 is 1.37 bits per heavy atom. The Hall–Kier alpha value is -1.75. The molecule has 0 fully saturated rings. The maximum Gasteiger partial charge on any atom is 0.244 e. The van der Waals surface area contributed by atoms with Crippen molar-refractivity contribution < 1.29 is 4.52 Å². The monoisotopic (exact) mass is 260 g/mol. The number of hydrogen-bond acceptors (Lipinski definition) is 5.